The van der Waals surface area contributed by atoms with Gasteiger partial charge in [-0.2, -0.15) is 0 Å². The Bertz CT molecular complexity index is 221. The molecule has 0 atom stereocenters. The van der Waals surface area contributed by atoms with Crippen LogP contribution in [0, 0.1) is 11.8 Å². The third-order valence-corrected chi connectivity index (χ3v) is 2.72. The lowest BCUT2D eigenvalue weighted by molar-refractivity contribution is -0.858. The monoisotopic (exact) mass is 226 g/mol. The average molecular weight is 226 g/mol. The molecule has 0 bridgehead atoms. The van der Waals surface area contributed by atoms with Crippen LogP contribution in [0.3, 0.4) is 0 Å². The van der Waals surface area contributed by atoms with Crippen molar-refractivity contribution >= 4 is 5.91 Å². The molecule has 94 valence electrons. The topological polar surface area (TPSA) is 17.1 Å². The summed E-state index contributed by atoms with van der Waals surface area (Å²) in [6, 6.07) is 0. The predicted molar refractivity (Wildman–Crippen MR) is 70.0 cm³/mol. The van der Waals surface area contributed by atoms with Crippen LogP contribution in [0.2, 0.25) is 0 Å². The van der Waals surface area contributed by atoms with Crippen molar-refractivity contribution in [3.63, 3.8) is 0 Å². The van der Waals surface area contributed by atoms with Crippen molar-refractivity contribution in [3.8, 4) is 0 Å². The van der Waals surface area contributed by atoms with Gasteiger partial charge in [0.15, 0.2) is 0 Å². The molecular weight excluding hydrogens is 198 g/mol. The van der Waals surface area contributed by atoms with Crippen molar-refractivity contribution in [2.45, 2.75) is 41.0 Å². The molecule has 0 fully saturated rings. The van der Waals surface area contributed by atoms with Crippen molar-refractivity contribution in [2.24, 2.45) is 11.8 Å². The SMILES string of the molecule is C=CC(=O)[N+](CCC)(CC(C)C)CC(C)C. The van der Waals surface area contributed by atoms with E-state index in [1.807, 2.05) is 0 Å². The summed E-state index contributed by atoms with van der Waals surface area (Å²) < 4.78 is 0.579. The Hall–Kier alpha value is -0.630. The Morgan fingerprint density at radius 2 is 1.62 bits per heavy atom. The molecular formula is C14H28NO+. The van der Waals surface area contributed by atoms with E-state index in [4.69, 9.17) is 0 Å². The van der Waals surface area contributed by atoms with Crippen molar-refractivity contribution in [1.29, 1.82) is 0 Å². The molecule has 0 saturated carbocycles. The molecule has 0 heterocycles. The van der Waals surface area contributed by atoms with E-state index in [1.54, 1.807) is 0 Å². The second-order valence-electron chi connectivity index (χ2n) is 5.56. The first-order valence-corrected chi connectivity index (χ1v) is 6.41. The molecule has 2 nitrogen and oxygen atoms in total. The number of rotatable bonds is 7. The molecule has 0 N–H and O–H groups in total. The molecule has 2 heteroatoms. The van der Waals surface area contributed by atoms with Crippen LogP contribution >= 0.6 is 0 Å². The highest BCUT2D eigenvalue weighted by Gasteiger charge is 2.35. The number of carbonyl (C=O) groups is 1. The van der Waals surface area contributed by atoms with Gasteiger partial charge in [-0.25, -0.2) is 4.79 Å². The van der Waals surface area contributed by atoms with Crippen molar-refractivity contribution in [2.75, 3.05) is 19.6 Å². The van der Waals surface area contributed by atoms with E-state index in [0.29, 0.717) is 16.3 Å². The number of hydrogen-bond donors (Lipinski definition) is 0. The maximum Gasteiger partial charge on any atom is 0.338 e. The van der Waals surface area contributed by atoms with E-state index in [9.17, 15) is 4.79 Å². The van der Waals surface area contributed by atoms with E-state index in [2.05, 4.69) is 41.2 Å². The van der Waals surface area contributed by atoms with Crippen molar-refractivity contribution in [1.82, 2.24) is 0 Å². The standard InChI is InChI=1S/C14H28NO/c1-7-9-15(10-12(3)4,11-13(5)6)14(16)8-2/h8,12-13H,2,7,9-11H2,1,3-6H3/q+1. The highest BCUT2D eigenvalue weighted by Crippen LogP contribution is 2.17. The van der Waals surface area contributed by atoms with E-state index in [-0.39, 0.29) is 5.91 Å². The Balaban J connectivity index is 5.02. The maximum atomic E-state index is 12.1. The lowest BCUT2D eigenvalue weighted by atomic mass is 10.1. The number of quaternary nitrogens is 1. The third-order valence-electron chi connectivity index (χ3n) is 2.72. The molecule has 0 aliphatic heterocycles. The van der Waals surface area contributed by atoms with Crippen LogP contribution in [-0.4, -0.2) is 30.0 Å². The van der Waals surface area contributed by atoms with Crippen LogP contribution in [0.4, 0.5) is 0 Å². The highest BCUT2D eigenvalue weighted by molar-refractivity contribution is 5.80. The summed E-state index contributed by atoms with van der Waals surface area (Å²) in [5, 5.41) is 0. The molecule has 0 radical (unpaired) electrons. The lowest BCUT2D eigenvalue weighted by Gasteiger charge is -2.37. The molecule has 0 aliphatic carbocycles. The second kappa shape index (κ2) is 6.85. The largest absolute Gasteiger partial charge is 0.338 e. The van der Waals surface area contributed by atoms with Crippen LogP contribution in [0.15, 0.2) is 12.7 Å². The number of hydrogen-bond acceptors (Lipinski definition) is 1. The fraction of sp³-hybridized carbons (Fsp3) is 0.786. The normalized spacial score (nSPS) is 12.2. The first-order chi connectivity index (χ1) is 7.38. The summed E-state index contributed by atoms with van der Waals surface area (Å²) in [6.07, 6.45) is 2.54. The van der Waals surface area contributed by atoms with Crippen LogP contribution in [0.25, 0.3) is 0 Å². The minimum absolute atomic E-state index is 0.184. The smallest absolute Gasteiger partial charge is 0.256 e. The summed E-state index contributed by atoms with van der Waals surface area (Å²) >= 11 is 0. The summed E-state index contributed by atoms with van der Waals surface area (Å²) in [4.78, 5) is 12.1. The molecule has 0 saturated heterocycles. The fourth-order valence-electron chi connectivity index (χ4n) is 2.57. The lowest BCUT2D eigenvalue weighted by Crippen LogP contribution is -2.56. The van der Waals surface area contributed by atoms with Crippen LogP contribution in [0.5, 0.6) is 0 Å². The van der Waals surface area contributed by atoms with E-state index < -0.39 is 0 Å². The molecule has 0 spiro atoms. The van der Waals surface area contributed by atoms with Gasteiger partial charge in [-0.15, -0.1) is 0 Å². The summed E-state index contributed by atoms with van der Waals surface area (Å²) in [7, 11) is 0. The van der Waals surface area contributed by atoms with Crippen LogP contribution in [-0.2, 0) is 4.79 Å². The zero-order chi connectivity index (χ0) is 12.8. The Labute approximate surface area is 101 Å². The molecule has 0 aromatic rings. The molecule has 0 aliphatic rings. The van der Waals surface area contributed by atoms with Crippen LogP contribution < -0.4 is 0 Å². The fourth-order valence-corrected chi connectivity index (χ4v) is 2.57. The van der Waals surface area contributed by atoms with E-state index in [1.165, 1.54) is 6.08 Å². The van der Waals surface area contributed by atoms with Gasteiger partial charge in [0.2, 0.25) is 0 Å². The number of amides is 1. The zero-order valence-electron chi connectivity index (χ0n) is 11.6. The predicted octanol–water partition coefficient (Wildman–Crippen LogP) is 3.24. The average Bonchev–Trinajstić information content (AvgIpc) is 2.14. The van der Waals surface area contributed by atoms with E-state index in [0.717, 1.165) is 26.1 Å². The molecule has 0 aromatic carbocycles. The molecule has 1 amide bonds. The van der Waals surface area contributed by atoms with Crippen LogP contribution in [0.1, 0.15) is 41.0 Å². The summed E-state index contributed by atoms with van der Waals surface area (Å²) in [6.45, 7) is 17.3. The minimum Gasteiger partial charge on any atom is -0.256 e. The van der Waals surface area contributed by atoms with Gasteiger partial charge < -0.3 is 0 Å². The van der Waals surface area contributed by atoms with Gasteiger partial charge in [0.25, 0.3) is 0 Å². The van der Waals surface area contributed by atoms with Gasteiger partial charge in [0, 0.05) is 17.9 Å². The third kappa shape index (κ3) is 4.48. The zero-order valence-corrected chi connectivity index (χ0v) is 11.6. The first kappa shape index (κ1) is 15.4. The van der Waals surface area contributed by atoms with Gasteiger partial charge in [0.1, 0.15) is 0 Å². The highest BCUT2D eigenvalue weighted by atomic mass is 16.2. The number of carbonyl (C=O) groups excluding carboxylic acids is 1. The summed E-state index contributed by atoms with van der Waals surface area (Å²) in [5.41, 5.74) is 0. The Morgan fingerprint density at radius 3 is 1.88 bits per heavy atom. The van der Waals surface area contributed by atoms with Crippen molar-refractivity contribution < 1.29 is 9.28 Å². The van der Waals surface area contributed by atoms with Gasteiger partial charge in [0.05, 0.1) is 19.6 Å². The molecule has 0 aromatic heterocycles. The van der Waals surface area contributed by atoms with Gasteiger partial charge in [-0.1, -0.05) is 41.2 Å². The van der Waals surface area contributed by atoms with Crippen molar-refractivity contribution in [3.05, 3.63) is 12.7 Å². The van der Waals surface area contributed by atoms with Gasteiger partial charge in [-0.05, 0) is 6.42 Å². The summed E-state index contributed by atoms with van der Waals surface area (Å²) in [5.74, 6) is 1.26. The maximum absolute atomic E-state index is 12.1. The van der Waals surface area contributed by atoms with E-state index >= 15 is 0 Å². The number of nitrogens with zero attached hydrogens (tertiary/aromatic N) is 1. The molecule has 16 heavy (non-hydrogen) atoms. The minimum atomic E-state index is 0.184. The molecule has 0 unspecified atom stereocenters. The Morgan fingerprint density at radius 1 is 1.19 bits per heavy atom. The molecule has 0 rings (SSSR count). The van der Waals surface area contributed by atoms with Gasteiger partial charge in [-0.3, -0.25) is 4.48 Å². The quantitative estimate of drug-likeness (QED) is 0.481. The Kier molecular flexibility index (Phi) is 6.58. The van der Waals surface area contributed by atoms with Gasteiger partial charge >= 0.3 is 5.91 Å². The first-order valence-electron chi connectivity index (χ1n) is 6.41. The second-order valence-corrected chi connectivity index (χ2v) is 5.56.